The summed E-state index contributed by atoms with van der Waals surface area (Å²) in [6, 6.07) is 3.18. The monoisotopic (exact) mass is 444 g/mol. The Bertz CT molecular complexity index is 666. The van der Waals surface area contributed by atoms with Gasteiger partial charge in [-0.3, -0.25) is 0 Å². The van der Waals surface area contributed by atoms with Crippen molar-refractivity contribution in [3.8, 4) is 0 Å². The largest absolute Gasteiger partial charge is 0.545 e. The highest BCUT2D eigenvalue weighted by atomic mass is 16.4. The smallest absolute Gasteiger partial charge is 0.0724 e. The second kappa shape index (κ2) is 17.7. The van der Waals surface area contributed by atoms with E-state index in [0.29, 0.717) is 12.0 Å². The lowest BCUT2D eigenvalue weighted by Crippen LogP contribution is -2.31. The molecule has 0 fully saturated rings. The second-order valence-corrected chi connectivity index (χ2v) is 9.15. The van der Waals surface area contributed by atoms with E-state index in [-0.39, 0.29) is 11.1 Å². The summed E-state index contributed by atoms with van der Waals surface area (Å²) in [6.07, 6.45) is 20.4. The predicted molar refractivity (Wildman–Crippen MR) is 128 cm³/mol. The van der Waals surface area contributed by atoms with Crippen LogP contribution in [0.15, 0.2) is 12.1 Å². The number of carboxylic acid groups (broad SMARTS) is 2. The number of carboxylic acids is 2. The molecule has 0 aromatic heterocycles. The summed E-state index contributed by atoms with van der Waals surface area (Å²) < 4.78 is 0. The van der Waals surface area contributed by atoms with Crippen LogP contribution in [-0.2, 0) is 12.8 Å². The highest BCUT2D eigenvalue weighted by Gasteiger charge is 2.15. The second-order valence-electron chi connectivity index (χ2n) is 9.15. The van der Waals surface area contributed by atoms with Crippen LogP contribution in [0.25, 0.3) is 0 Å². The van der Waals surface area contributed by atoms with Crippen molar-refractivity contribution in [1.82, 2.24) is 0 Å². The van der Waals surface area contributed by atoms with E-state index >= 15 is 0 Å². The summed E-state index contributed by atoms with van der Waals surface area (Å²) in [7, 11) is 0. The summed E-state index contributed by atoms with van der Waals surface area (Å²) in [4.78, 5) is 23.3. The van der Waals surface area contributed by atoms with Gasteiger partial charge < -0.3 is 19.8 Å². The molecule has 0 unspecified atom stereocenters. The molecule has 32 heavy (non-hydrogen) atoms. The standard InChI is InChI=1S/C28H46O4/c1-3-5-7-9-11-13-15-17-19-23-21-22-25(27(29)30)26(28(31)32)24(23)20-18-16-14-12-10-8-6-4-2/h21-22H,3-20H2,1-2H3,(H,29,30)(H,31,32)/p-2. The quantitative estimate of drug-likeness (QED) is 0.239. The molecule has 0 bridgehead atoms. The van der Waals surface area contributed by atoms with Crippen LogP contribution in [0.3, 0.4) is 0 Å². The van der Waals surface area contributed by atoms with Gasteiger partial charge in [-0.2, -0.15) is 0 Å². The lowest BCUT2D eigenvalue weighted by molar-refractivity contribution is -0.259. The number of hydrogen-bond donors (Lipinski definition) is 0. The van der Waals surface area contributed by atoms with Crippen molar-refractivity contribution in [3.63, 3.8) is 0 Å². The van der Waals surface area contributed by atoms with Crippen molar-refractivity contribution < 1.29 is 19.8 Å². The molecule has 1 aromatic carbocycles. The number of unbranched alkanes of at least 4 members (excludes halogenated alkanes) is 14. The maximum absolute atomic E-state index is 11.8. The maximum Gasteiger partial charge on any atom is 0.0724 e. The number of rotatable bonds is 20. The van der Waals surface area contributed by atoms with Gasteiger partial charge in [0.05, 0.1) is 11.9 Å². The summed E-state index contributed by atoms with van der Waals surface area (Å²) in [6.45, 7) is 4.43. The third-order valence-electron chi connectivity index (χ3n) is 6.41. The van der Waals surface area contributed by atoms with Crippen molar-refractivity contribution in [1.29, 1.82) is 0 Å². The zero-order valence-corrected chi connectivity index (χ0v) is 20.5. The molecule has 0 heterocycles. The Morgan fingerprint density at radius 1 is 0.594 bits per heavy atom. The average molecular weight is 445 g/mol. The minimum atomic E-state index is -1.44. The number of carbonyl (C=O) groups is 2. The fraction of sp³-hybridized carbons (Fsp3) is 0.714. The number of benzene rings is 1. The molecule has 1 aromatic rings. The molecular weight excluding hydrogens is 400 g/mol. The van der Waals surface area contributed by atoms with Crippen LogP contribution in [0.4, 0.5) is 0 Å². The Kier molecular flexibility index (Phi) is 15.6. The molecular formula is C28H44O4-2. The van der Waals surface area contributed by atoms with Crippen LogP contribution in [0, 0.1) is 0 Å². The van der Waals surface area contributed by atoms with Gasteiger partial charge in [-0.05, 0) is 36.8 Å². The van der Waals surface area contributed by atoms with E-state index in [0.717, 1.165) is 44.1 Å². The van der Waals surface area contributed by atoms with Crippen molar-refractivity contribution in [2.24, 2.45) is 0 Å². The Morgan fingerprint density at radius 2 is 1.03 bits per heavy atom. The molecule has 4 heteroatoms. The zero-order valence-electron chi connectivity index (χ0n) is 20.5. The van der Waals surface area contributed by atoms with Gasteiger partial charge in [-0.15, -0.1) is 0 Å². The highest BCUT2D eigenvalue weighted by molar-refractivity contribution is 6.01. The van der Waals surface area contributed by atoms with Gasteiger partial charge >= 0.3 is 0 Å². The van der Waals surface area contributed by atoms with E-state index < -0.39 is 11.9 Å². The summed E-state index contributed by atoms with van der Waals surface area (Å²) in [5.41, 5.74) is 1.20. The molecule has 0 atom stereocenters. The van der Waals surface area contributed by atoms with Gasteiger partial charge in [0.2, 0.25) is 0 Å². The fourth-order valence-electron chi connectivity index (χ4n) is 4.50. The van der Waals surface area contributed by atoms with E-state index in [4.69, 9.17) is 0 Å². The maximum atomic E-state index is 11.8. The van der Waals surface area contributed by atoms with Gasteiger partial charge in [-0.1, -0.05) is 116 Å². The van der Waals surface area contributed by atoms with Crippen LogP contribution in [0.1, 0.15) is 148 Å². The van der Waals surface area contributed by atoms with Gasteiger partial charge in [-0.25, -0.2) is 0 Å². The van der Waals surface area contributed by atoms with Gasteiger partial charge in [0.1, 0.15) is 0 Å². The number of hydrogen-bond acceptors (Lipinski definition) is 4. The minimum Gasteiger partial charge on any atom is -0.545 e. The highest BCUT2D eigenvalue weighted by Crippen LogP contribution is 2.24. The molecule has 0 amide bonds. The average Bonchev–Trinajstić information content (AvgIpc) is 2.77. The molecule has 0 spiro atoms. The van der Waals surface area contributed by atoms with Crippen LogP contribution in [0.5, 0.6) is 0 Å². The first-order valence-electron chi connectivity index (χ1n) is 13.1. The van der Waals surface area contributed by atoms with Gasteiger partial charge in [0, 0.05) is 11.1 Å². The molecule has 0 radical (unpaired) electrons. The Morgan fingerprint density at radius 3 is 1.47 bits per heavy atom. The van der Waals surface area contributed by atoms with Crippen LogP contribution >= 0.6 is 0 Å². The molecule has 182 valence electrons. The molecule has 0 aliphatic heterocycles. The van der Waals surface area contributed by atoms with Crippen LogP contribution in [-0.4, -0.2) is 11.9 Å². The number of carbonyl (C=O) groups excluding carboxylic acids is 2. The lowest BCUT2D eigenvalue weighted by atomic mass is 9.89. The van der Waals surface area contributed by atoms with E-state index in [1.807, 2.05) is 0 Å². The number of aryl methyl sites for hydroxylation is 1. The van der Waals surface area contributed by atoms with E-state index in [2.05, 4.69) is 13.8 Å². The fourth-order valence-corrected chi connectivity index (χ4v) is 4.50. The van der Waals surface area contributed by atoms with E-state index in [9.17, 15) is 19.8 Å². The third-order valence-corrected chi connectivity index (χ3v) is 6.41. The Balaban J connectivity index is 2.68. The number of aromatic carboxylic acids is 2. The predicted octanol–water partition coefficient (Wildman–Crippen LogP) is 5.78. The van der Waals surface area contributed by atoms with Crippen molar-refractivity contribution in [2.75, 3.05) is 0 Å². The van der Waals surface area contributed by atoms with Crippen LogP contribution in [0.2, 0.25) is 0 Å². The summed E-state index contributed by atoms with van der Waals surface area (Å²) in [5, 5.41) is 23.3. The Labute approximate surface area is 195 Å². The molecule has 1 rings (SSSR count). The third kappa shape index (κ3) is 11.2. The summed E-state index contributed by atoms with van der Waals surface area (Å²) >= 11 is 0. The van der Waals surface area contributed by atoms with Crippen molar-refractivity contribution in [3.05, 3.63) is 34.4 Å². The minimum absolute atomic E-state index is 0.162. The van der Waals surface area contributed by atoms with Crippen molar-refractivity contribution in [2.45, 2.75) is 129 Å². The van der Waals surface area contributed by atoms with E-state index in [1.54, 1.807) is 6.07 Å². The molecule has 0 saturated carbocycles. The zero-order chi connectivity index (χ0) is 23.6. The lowest BCUT2D eigenvalue weighted by Gasteiger charge is -2.20. The van der Waals surface area contributed by atoms with E-state index in [1.165, 1.54) is 76.7 Å². The van der Waals surface area contributed by atoms with Gasteiger partial charge in [0.25, 0.3) is 0 Å². The summed E-state index contributed by atoms with van der Waals surface area (Å²) in [5.74, 6) is -2.85. The molecule has 0 N–H and O–H groups in total. The Hall–Kier alpha value is -1.84. The van der Waals surface area contributed by atoms with Crippen molar-refractivity contribution >= 4 is 11.9 Å². The van der Waals surface area contributed by atoms with Crippen LogP contribution < -0.4 is 10.2 Å². The normalized spacial score (nSPS) is 11.1. The topological polar surface area (TPSA) is 80.3 Å². The first-order chi connectivity index (χ1) is 15.5. The molecule has 0 saturated heterocycles. The molecule has 0 aliphatic rings. The van der Waals surface area contributed by atoms with Gasteiger partial charge in [0.15, 0.2) is 0 Å². The molecule has 0 aliphatic carbocycles. The first-order valence-corrected chi connectivity index (χ1v) is 13.1. The SMILES string of the molecule is CCCCCCCCCCc1ccc(C(=O)[O-])c(C(=O)[O-])c1CCCCCCCCCC. The first kappa shape index (κ1) is 28.2. The molecule has 4 nitrogen and oxygen atoms in total.